The molecule has 2 aliphatic rings. The second kappa shape index (κ2) is 5.99. The van der Waals surface area contributed by atoms with Crippen LogP contribution < -0.4 is 5.32 Å². The summed E-state index contributed by atoms with van der Waals surface area (Å²) in [5, 5.41) is 3.42. The number of piperidine rings is 1. The molecule has 16 heavy (non-hydrogen) atoms. The van der Waals surface area contributed by atoms with E-state index in [9.17, 15) is 0 Å². The normalized spacial score (nSPS) is 34.1. The average molecular weight is 226 g/mol. The summed E-state index contributed by atoms with van der Waals surface area (Å²) in [6.45, 7) is 6.81. The van der Waals surface area contributed by atoms with Crippen LogP contribution in [0, 0.1) is 5.92 Å². The van der Waals surface area contributed by atoms with Crippen LogP contribution in [0.5, 0.6) is 0 Å². The second-order valence-corrected chi connectivity index (χ2v) is 5.37. The van der Waals surface area contributed by atoms with Gasteiger partial charge >= 0.3 is 0 Å². The van der Waals surface area contributed by atoms with Crippen molar-refractivity contribution in [2.45, 2.75) is 44.7 Å². The lowest BCUT2D eigenvalue weighted by Crippen LogP contribution is -2.51. The van der Waals surface area contributed by atoms with Crippen molar-refractivity contribution < 1.29 is 4.74 Å². The van der Waals surface area contributed by atoms with Gasteiger partial charge in [-0.3, -0.25) is 4.90 Å². The van der Waals surface area contributed by atoms with Crippen molar-refractivity contribution >= 4 is 0 Å². The second-order valence-electron chi connectivity index (χ2n) is 5.37. The van der Waals surface area contributed by atoms with Crippen LogP contribution in [0.1, 0.15) is 32.6 Å². The van der Waals surface area contributed by atoms with Crippen LogP contribution in [0.2, 0.25) is 0 Å². The molecule has 0 saturated carbocycles. The minimum atomic E-state index is 0.614. The van der Waals surface area contributed by atoms with Gasteiger partial charge in [-0.1, -0.05) is 6.42 Å². The molecule has 94 valence electrons. The minimum Gasteiger partial charge on any atom is -0.381 e. The van der Waals surface area contributed by atoms with E-state index in [1.165, 1.54) is 38.8 Å². The van der Waals surface area contributed by atoms with E-state index < -0.39 is 0 Å². The highest BCUT2D eigenvalue weighted by Gasteiger charge is 2.29. The summed E-state index contributed by atoms with van der Waals surface area (Å²) < 4.78 is 5.48. The van der Waals surface area contributed by atoms with Gasteiger partial charge in [0.15, 0.2) is 0 Å². The van der Waals surface area contributed by atoms with Crippen molar-refractivity contribution in [3.8, 4) is 0 Å². The van der Waals surface area contributed by atoms with Gasteiger partial charge in [0.25, 0.3) is 0 Å². The molecule has 3 nitrogen and oxygen atoms in total. The molecular formula is C13H26N2O. The highest BCUT2D eigenvalue weighted by atomic mass is 16.5. The molecule has 3 atom stereocenters. The van der Waals surface area contributed by atoms with Crippen molar-refractivity contribution in [3.05, 3.63) is 0 Å². The Hall–Kier alpha value is -0.120. The van der Waals surface area contributed by atoms with Crippen LogP contribution in [-0.2, 0) is 4.74 Å². The molecule has 0 bridgehead atoms. The lowest BCUT2D eigenvalue weighted by molar-refractivity contribution is 0.0954. The largest absolute Gasteiger partial charge is 0.381 e. The molecule has 1 N–H and O–H groups in total. The molecule has 2 heterocycles. The Bertz CT molecular complexity index is 204. The van der Waals surface area contributed by atoms with Crippen molar-refractivity contribution in [2.75, 3.05) is 33.4 Å². The Morgan fingerprint density at radius 3 is 2.94 bits per heavy atom. The Morgan fingerprint density at radius 2 is 2.25 bits per heavy atom. The average Bonchev–Trinajstić information content (AvgIpc) is 2.82. The summed E-state index contributed by atoms with van der Waals surface area (Å²) >= 11 is 0. The van der Waals surface area contributed by atoms with Crippen molar-refractivity contribution in [2.24, 2.45) is 5.92 Å². The maximum atomic E-state index is 5.48. The van der Waals surface area contributed by atoms with E-state index in [0.717, 1.165) is 25.2 Å². The first-order valence-electron chi connectivity index (χ1n) is 6.80. The third-order valence-electron chi connectivity index (χ3n) is 4.21. The number of rotatable bonds is 4. The van der Waals surface area contributed by atoms with E-state index in [1.807, 2.05) is 0 Å². The van der Waals surface area contributed by atoms with E-state index in [2.05, 4.69) is 24.2 Å². The molecule has 0 aromatic carbocycles. The molecule has 2 rings (SSSR count). The lowest BCUT2D eigenvalue weighted by atomic mass is 9.95. The van der Waals surface area contributed by atoms with Gasteiger partial charge in [-0.25, -0.2) is 0 Å². The SMILES string of the molecule is CNC(C)C1CCCCN1CC1CCOC1. The molecule has 2 fully saturated rings. The first-order valence-corrected chi connectivity index (χ1v) is 6.80. The van der Waals surface area contributed by atoms with Crippen LogP contribution in [0.4, 0.5) is 0 Å². The Morgan fingerprint density at radius 1 is 1.38 bits per heavy atom. The first-order chi connectivity index (χ1) is 7.81. The molecule has 0 amide bonds. The summed E-state index contributed by atoms with van der Waals surface area (Å²) in [5.74, 6) is 0.782. The van der Waals surface area contributed by atoms with E-state index in [4.69, 9.17) is 4.74 Å². The third kappa shape index (κ3) is 2.96. The molecular weight excluding hydrogens is 200 g/mol. The molecule has 2 saturated heterocycles. The first kappa shape index (κ1) is 12.3. The predicted octanol–water partition coefficient (Wildman–Crippen LogP) is 1.49. The summed E-state index contributed by atoms with van der Waals surface area (Å²) in [7, 11) is 2.08. The minimum absolute atomic E-state index is 0.614. The molecule has 0 radical (unpaired) electrons. The number of nitrogens with zero attached hydrogens (tertiary/aromatic N) is 1. The van der Waals surface area contributed by atoms with Gasteiger partial charge in [0.1, 0.15) is 0 Å². The van der Waals surface area contributed by atoms with Crippen molar-refractivity contribution in [1.82, 2.24) is 10.2 Å². The Labute approximate surface area is 99.5 Å². The molecule has 3 heteroatoms. The van der Waals surface area contributed by atoms with Crippen LogP contribution in [0.15, 0.2) is 0 Å². The smallest absolute Gasteiger partial charge is 0.0507 e. The zero-order valence-electron chi connectivity index (χ0n) is 10.7. The summed E-state index contributed by atoms with van der Waals surface area (Å²) in [6, 6.07) is 1.35. The van der Waals surface area contributed by atoms with E-state index in [1.54, 1.807) is 0 Å². The zero-order chi connectivity index (χ0) is 11.4. The van der Waals surface area contributed by atoms with Crippen molar-refractivity contribution in [1.29, 1.82) is 0 Å². The van der Waals surface area contributed by atoms with Gasteiger partial charge in [0.2, 0.25) is 0 Å². The lowest BCUT2D eigenvalue weighted by Gasteiger charge is -2.40. The number of likely N-dealkylation sites (tertiary alicyclic amines) is 1. The fourth-order valence-electron chi connectivity index (χ4n) is 3.06. The molecule has 0 aliphatic carbocycles. The van der Waals surface area contributed by atoms with Gasteiger partial charge in [-0.05, 0) is 45.7 Å². The topological polar surface area (TPSA) is 24.5 Å². The van der Waals surface area contributed by atoms with Crippen LogP contribution in [-0.4, -0.2) is 50.3 Å². The number of hydrogen-bond acceptors (Lipinski definition) is 3. The fraction of sp³-hybridized carbons (Fsp3) is 1.00. The molecule has 3 unspecified atom stereocenters. The monoisotopic (exact) mass is 226 g/mol. The molecule has 2 aliphatic heterocycles. The van der Waals surface area contributed by atoms with Gasteiger partial charge < -0.3 is 10.1 Å². The molecule has 0 aromatic heterocycles. The quantitative estimate of drug-likeness (QED) is 0.786. The highest BCUT2D eigenvalue weighted by Crippen LogP contribution is 2.23. The summed E-state index contributed by atoms with van der Waals surface area (Å²) in [4.78, 5) is 2.70. The standard InChI is InChI=1S/C13H26N2O/c1-11(14-2)13-5-3-4-7-15(13)9-12-6-8-16-10-12/h11-14H,3-10H2,1-2H3. The maximum Gasteiger partial charge on any atom is 0.0507 e. The predicted molar refractivity (Wildman–Crippen MR) is 66.7 cm³/mol. The molecule has 0 spiro atoms. The molecule has 0 aromatic rings. The van der Waals surface area contributed by atoms with E-state index in [-0.39, 0.29) is 0 Å². The van der Waals surface area contributed by atoms with Gasteiger partial charge in [-0.15, -0.1) is 0 Å². The number of nitrogens with one attached hydrogen (secondary N) is 1. The van der Waals surface area contributed by atoms with E-state index >= 15 is 0 Å². The number of ether oxygens (including phenoxy) is 1. The van der Waals surface area contributed by atoms with Gasteiger partial charge in [-0.2, -0.15) is 0 Å². The van der Waals surface area contributed by atoms with Gasteiger partial charge in [0.05, 0.1) is 6.61 Å². The van der Waals surface area contributed by atoms with E-state index in [0.29, 0.717) is 6.04 Å². The Kier molecular flexibility index (Phi) is 4.62. The van der Waals surface area contributed by atoms with Crippen LogP contribution in [0.25, 0.3) is 0 Å². The number of hydrogen-bond donors (Lipinski definition) is 1. The van der Waals surface area contributed by atoms with Crippen molar-refractivity contribution in [3.63, 3.8) is 0 Å². The van der Waals surface area contributed by atoms with Crippen LogP contribution in [0.3, 0.4) is 0 Å². The third-order valence-corrected chi connectivity index (χ3v) is 4.21. The Balaban J connectivity index is 1.87. The highest BCUT2D eigenvalue weighted by molar-refractivity contribution is 4.86. The number of likely N-dealkylation sites (N-methyl/N-ethyl adjacent to an activating group) is 1. The summed E-state index contributed by atoms with van der Waals surface area (Å²) in [5.41, 5.74) is 0. The maximum absolute atomic E-state index is 5.48. The fourth-order valence-corrected chi connectivity index (χ4v) is 3.06. The van der Waals surface area contributed by atoms with Crippen LogP contribution >= 0.6 is 0 Å². The van der Waals surface area contributed by atoms with Gasteiger partial charge in [0, 0.05) is 25.2 Å². The zero-order valence-corrected chi connectivity index (χ0v) is 10.7. The summed E-state index contributed by atoms with van der Waals surface area (Å²) in [6.07, 6.45) is 5.39.